The van der Waals surface area contributed by atoms with Gasteiger partial charge in [0.2, 0.25) is 5.91 Å². The number of hydrogen-bond acceptors (Lipinski definition) is 2. The standard InChI is InChI=1S/C17H25NO2/c1-14-7-3-4-8-15(14)9-10-16(19)18(2)13-17(20)11-5-6-12-17/h3-4,7-8,20H,5-6,9-13H2,1-2H3. The maximum absolute atomic E-state index is 12.2. The number of benzene rings is 1. The van der Waals surface area contributed by atoms with Crippen LogP contribution in [0.25, 0.3) is 0 Å². The van der Waals surface area contributed by atoms with E-state index in [0.717, 1.165) is 32.1 Å². The van der Waals surface area contributed by atoms with Gasteiger partial charge in [0.1, 0.15) is 0 Å². The third-order valence-corrected chi connectivity index (χ3v) is 4.36. The molecule has 1 aliphatic rings. The summed E-state index contributed by atoms with van der Waals surface area (Å²) in [4.78, 5) is 13.9. The molecule has 0 radical (unpaired) electrons. The van der Waals surface area contributed by atoms with Crippen LogP contribution in [0.3, 0.4) is 0 Å². The quantitative estimate of drug-likeness (QED) is 0.897. The molecule has 0 aliphatic heterocycles. The topological polar surface area (TPSA) is 40.5 Å². The Bertz CT molecular complexity index is 464. The van der Waals surface area contributed by atoms with Gasteiger partial charge in [0.15, 0.2) is 0 Å². The van der Waals surface area contributed by atoms with Crippen LogP contribution in [0.1, 0.15) is 43.2 Å². The molecule has 1 saturated carbocycles. The van der Waals surface area contributed by atoms with Crippen molar-refractivity contribution in [1.82, 2.24) is 4.90 Å². The second-order valence-electron chi connectivity index (χ2n) is 6.11. The fraction of sp³-hybridized carbons (Fsp3) is 0.588. The van der Waals surface area contributed by atoms with Crippen LogP contribution in [0.15, 0.2) is 24.3 Å². The van der Waals surface area contributed by atoms with Crippen LogP contribution >= 0.6 is 0 Å². The summed E-state index contributed by atoms with van der Waals surface area (Å²) in [5.74, 6) is 0.119. The largest absolute Gasteiger partial charge is 0.388 e. The molecule has 0 atom stereocenters. The van der Waals surface area contributed by atoms with Crippen molar-refractivity contribution in [2.45, 2.75) is 51.0 Å². The molecule has 1 aromatic carbocycles. The zero-order chi connectivity index (χ0) is 14.6. The third-order valence-electron chi connectivity index (χ3n) is 4.36. The lowest BCUT2D eigenvalue weighted by atomic mass is 10.0. The monoisotopic (exact) mass is 275 g/mol. The summed E-state index contributed by atoms with van der Waals surface area (Å²) >= 11 is 0. The summed E-state index contributed by atoms with van der Waals surface area (Å²) in [6.45, 7) is 2.55. The van der Waals surface area contributed by atoms with E-state index in [9.17, 15) is 9.90 Å². The number of aryl methyl sites for hydroxylation is 2. The van der Waals surface area contributed by atoms with Crippen LogP contribution in [0.4, 0.5) is 0 Å². The van der Waals surface area contributed by atoms with Crippen molar-refractivity contribution >= 4 is 5.91 Å². The molecule has 0 saturated heterocycles. The molecule has 0 bridgehead atoms. The average molecular weight is 275 g/mol. The van der Waals surface area contributed by atoms with Gasteiger partial charge in [-0.25, -0.2) is 0 Å². The first-order valence-electron chi connectivity index (χ1n) is 7.51. The number of carbonyl (C=O) groups is 1. The molecule has 110 valence electrons. The van der Waals surface area contributed by atoms with E-state index in [1.807, 2.05) is 12.1 Å². The van der Waals surface area contributed by atoms with Crippen molar-refractivity contribution in [1.29, 1.82) is 0 Å². The fourth-order valence-corrected chi connectivity index (χ4v) is 3.04. The Hall–Kier alpha value is -1.35. The first-order chi connectivity index (χ1) is 9.50. The minimum atomic E-state index is -0.646. The van der Waals surface area contributed by atoms with Gasteiger partial charge in [-0.3, -0.25) is 4.79 Å². The highest BCUT2D eigenvalue weighted by Gasteiger charge is 2.33. The smallest absolute Gasteiger partial charge is 0.222 e. The fourth-order valence-electron chi connectivity index (χ4n) is 3.04. The summed E-state index contributed by atoms with van der Waals surface area (Å²) in [5, 5.41) is 10.3. The molecule has 3 nitrogen and oxygen atoms in total. The van der Waals surface area contributed by atoms with E-state index in [2.05, 4.69) is 19.1 Å². The zero-order valence-corrected chi connectivity index (χ0v) is 12.6. The van der Waals surface area contributed by atoms with E-state index in [1.54, 1.807) is 11.9 Å². The van der Waals surface area contributed by atoms with Crippen molar-refractivity contribution in [3.05, 3.63) is 35.4 Å². The summed E-state index contributed by atoms with van der Waals surface area (Å²) in [5.41, 5.74) is 1.82. The maximum Gasteiger partial charge on any atom is 0.222 e. The molecule has 1 aliphatic carbocycles. The van der Waals surface area contributed by atoms with Crippen molar-refractivity contribution in [3.63, 3.8) is 0 Å². The Balaban J connectivity index is 1.84. The molecule has 2 rings (SSSR count). The summed E-state index contributed by atoms with van der Waals surface area (Å²) in [7, 11) is 1.80. The Morgan fingerprint density at radius 1 is 1.30 bits per heavy atom. The highest BCUT2D eigenvalue weighted by Crippen LogP contribution is 2.30. The third kappa shape index (κ3) is 3.83. The van der Waals surface area contributed by atoms with Gasteiger partial charge in [-0.1, -0.05) is 37.1 Å². The van der Waals surface area contributed by atoms with Crippen LogP contribution in [-0.4, -0.2) is 35.1 Å². The molecule has 1 N–H and O–H groups in total. The molecule has 0 unspecified atom stereocenters. The zero-order valence-electron chi connectivity index (χ0n) is 12.6. The average Bonchev–Trinajstić information content (AvgIpc) is 2.84. The Kier molecular flexibility index (Phi) is 4.81. The van der Waals surface area contributed by atoms with Crippen molar-refractivity contribution in [3.8, 4) is 0 Å². The Morgan fingerprint density at radius 2 is 1.95 bits per heavy atom. The van der Waals surface area contributed by atoms with Crippen LogP contribution in [-0.2, 0) is 11.2 Å². The Morgan fingerprint density at radius 3 is 2.60 bits per heavy atom. The van der Waals surface area contributed by atoms with Crippen LogP contribution < -0.4 is 0 Å². The molecule has 1 amide bonds. The highest BCUT2D eigenvalue weighted by molar-refractivity contribution is 5.76. The molecule has 3 heteroatoms. The van der Waals surface area contributed by atoms with Gasteiger partial charge in [-0.2, -0.15) is 0 Å². The molecular weight excluding hydrogens is 250 g/mol. The van der Waals surface area contributed by atoms with Gasteiger partial charge in [0, 0.05) is 20.0 Å². The second kappa shape index (κ2) is 6.40. The SMILES string of the molecule is Cc1ccccc1CCC(=O)N(C)CC1(O)CCCC1. The molecule has 0 spiro atoms. The first kappa shape index (κ1) is 15.0. The molecular formula is C17H25NO2. The van der Waals surface area contributed by atoms with Gasteiger partial charge < -0.3 is 10.0 Å². The van der Waals surface area contributed by atoms with E-state index in [0.29, 0.717) is 13.0 Å². The predicted octanol–water partition coefficient (Wildman–Crippen LogP) is 2.69. The normalized spacial score (nSPS) is 17.1. The van der Waals surface area contributed by atoms with Crippen LogP contribution in [0.5, 0.6) is 0 Å². The number of likely N-dealkylation sites (N-methyl/N-ethyl adjacent to an activating group) is 1. The number of carbonyl (C=O) groups excluding carboxylic acids is 1. The van der Waals surface area contributed by atoms with E-state index >= 15 is 0 Å². The number of hydrogen-bond donors (Lipinski definition) is 1. The number of rotatable bonds is 5. The van der Waals surface area contributed by atoms with Gasteiger partial charge in [-0.05, 0) is 37.3 Å². The van der Waals surface area contributed by atoms with Gasteiger partial charge >= 0.3 is 0 Å². The minimum Gasteiger partial charge on any atom is -0.388 e. The van der Waals surface area contributed by atoms with Gasteiger partial charge in [-0.15, -0.1) is 0 Å². The van der Waals surface area contributed by atoms with Crippen LogP contribution in [0, 0.1) is 6.92 Å². The minimum absolute atomic E-state index is 0.119. The van der Waals surface area contributed by atoms with Crippen molar-refractivity contribution < 1.29 is 9.90 Å². The number of aliphatic hydroxyl groups is 1. The molecule has 1 aromatic rings. The lowest BCUT2D eigenvalue weighted by molar-refractivity contribution is -0.133. The Labute approximate surface area is 121 Å². The number of nitrogens with zero attached hydrogens (tertiary/aromatic N) is 1. The lowest BCUT2D eigenvalue weighted by Gasteiger charge is -2.28. The molecule has 0 aromatic heterocycles. The van der Waals surface area contributed by atoms with Crippen LogP contribution in [0.2, 0.25) is 0 Å². The maximum atomic E-state index is 12.2. The van der Waals surface area contributed by atoms with E-state index in [4.69, 9.17) is 0 Å². The summed E-state index contributed by atoms with van der Waals surface area (Å²) in [6, 6.07) is 8.18. The van der Waals surface area contributed by atoms with Gasteiger partial charge in [0.05, 0.1) is 5.60 Å². The van der Waals surface area contributed by atoms with Gasteiger partial charge in [0.25, 0.3) is 0 Å². The summed E-state index contributed by atoms with van der Waals surface area (Å²) in [6.07, 6.45) is 5.07. The van der Waals surface area contributed by atoms with E-state index < -0.39 is 5.60 Å². The van der Waals surface area contributed by atoms with E-state index in [-0.39, 0.29) is 5.91 Å². The molecule has 1 fully saturated rings. The highest BCUT2D eigenvalue weighted by atomic mass is 16.3. The summed E-state index contributed by atoms with van der Waals surface area (Å²) < 4.78 is 0. The molecule has 0 heterocycles. The second-order valence-corrected chi connectivity index (χ2v) is 6.11. The van der Waals surface area contributed by atoms with Crippen molar-refractivity contribution in [2.75, 3.05) is 13.6 Å². The van der Waals surface area contributed by atoms with Crippen molar-refractivity contribution in [2.24, 2.45) is 0 Å². The molecule has 20 heavy (non-hydrogen) atoms. The first-order valence-corrected chi connectivity index (χ1v) is 7.51. The number of amides is 1. The lowest BCUT2D eigenvalue weighted by Crippen LogP contribution is -2.42. The predicted molar refractivity (Wildman–Crippen MR) is 80.6 cm³/mol. The van der Waals surface area contributed by atoms with E-state index in [1.165, 1.54) is 11.1 Å².